The minimum Gasteiger partial charge on any atom is -0.387 e. The number of piperidine rings is 3. The molecular weight excluding hydrogens is 272 g/mol. The fourth-order valence-electron chi connectivity index (χ4n) is 4.29. The van der Waals surface area contributed by atoms with Crippen LogP contribution in [0, 0.1) is 11.8 Å². The zero-order valence-corrected chi connectivity index (χ0v) is 12.7. The molecule has 0 spiro atoms. The van der Waals surface area contributed by atoms with E-state index in [2.05, 4.69) is 28.6 Å². The fraction of sp³-hybridized carbons (Fsp3) is 0.421. The van der Waals surface area contributed by atoms with E-state index in [1.54, 1.807) is 0 Å². The molecule has 0 radical (unpaired) electrons. The predicted octanol–water partition coefficient (Wildman–Crippen LogP) is 3.16. The van der Waals surface area contributed by atoms with Crippen LogP contribution in [0.15, 0.2) is 49.2 Å². The van der Waals surface area contributed by atoms with Crippen LogP contribution in [0.3, 0.4) is 0 Å². The minimum absolute atomic E-state index is 0.223. The lowest BCUT2D eigenvalue weighted by atomic mass is 9.73. The fourth-order valence-corrected chi connectivity index (χ4v) is 4.29. The molecule has 2 aromatic rings. The van der Waals surface area contributed by atoms with Gasteiger partial charge in [0.15, 0.2) is 0 Å². The highest BCUT2D eigenvalue weighted by molar-refractivity contribution is 5.82. The van der Waals surface area contributed by atoms with Gasteiger partial charge in [-0.2, -0.15) is 0 Å². The average molecular weight is 294 g/mol. The van der Waals surface area contributed by atoms with Gasteiger partial charge in [0.1, 0.15) is 0 Å². The van der Waals surface area contributed by atoms with Crippen molar-refractivity contribution in [1.82, 2.24) is 9.88 Å². The van der Waals surface area contributed by atoms with E-state index in [1.165, 1.54) is 6.42 Å². The number of para-hydroxylation sites is 1. The number of benzene rings is 1. The molecule has 2 bridgehead atoms. The first kappa shape index (κ1) is 13.9. The summed E-state index contributed by atoms with van der Waals surface area (Å²) in [4.78, 5) is 6.86. The predicted molar refractivity (Wildman–Crippen MR) is 88.5 cm³/mol. The molecule has 5 rings (SSSR count). The number of rotatable bonds is 3. The van der Waals surface area contributed by atoms with Gasteiger partial charge in [-0.15, -0.1) is 6.58 Å². The van der Waals surface area contributed by atoms with Crippen LogP contribution >= 0.6 is 0 Å². The van der Waals surface area contributed by atoms with Crippen molar-refractivity contribution in [2.24, 2.45) is 11.8 Å². The van der Waals surface area contributed by atoms with Gasteiger partial charge in [0.25, 0.3) is 0 Å². The van der Waals surface area contributed by atoms with Crippen LogP contribution in [0.5, 0.6) is 0 Å². The van der Waals surface area contributed by atoms with Gasteiger partial charge in [0, 0.05) is 24.2 Å². The molecule has 3 aliphatic rings. The summed E-state index contributed by atoms with van der Waals surface area (Å²) in [5, 5.41) is 12.1. The van der Waals surface area contributed by atoms with Gasteiger partial charge in [-0.1, -0.05) is 24.3 Å². The number of pyridine rings is 1. The zero-order chi connectivity index (χ0) is 15.1. The molecule has 3 fully saturated rings. The molecular formula is C19H22N2O. The number of aliphatic hydroxyl groups is 1. The Hall–Kier alpha value is -1.71. The molecule has 22 heavy (non-hydrogen) atoms. The number of aliphatic hydroxyl groups excluding tert-OH is 1. The van der Waals surface area contributed by atoms with E-state index in [0.717, 1.165) is 36.0 Å². The minimum atomic E-state index is -0.443. The van der Waals surface area contributed by atoms with E-state index in [9.17, 15) is 5.11 Å². The molecule has 3 unspecified atom stereocenters. The Kier molecular flexibility index (Phi) is 3.47. The monoisotopic (exact) mass is 294 g/mol. The van der Waals surface area contributed by atoms with Crippen molar-refractivity contribution >= 4 is 10.9 Å². The Balaban J connectivity index is 1.67. The molecule has 0 aliphatic carbocycles. The second-order valence-electron chi connectivity index (χ2n) is 6.61. The molecule has 1 aromatic carbocycles. The molecule has 5 atom stereocenters. The highest BCUT2D eigenvalue weighted by Crippen LogP contribution is 2.41. The summed E-state index contributed by atoms with van der Waals surface area (Å²) >= 11 is 0. The number of hydrogen-bond acceptors (Lipinski definition) is 3. The molecule has 3 heteroatoms. The van der Waals surface area contributed by atoms with E-state index >= 15 is 0 Å². The summed E-state index contributed by atoms with van der Waals surface area (Å²) in [7, 11) is 0. The van der Waals surface area contributed by atoms with Gasteiger partial charge in [0.05, 0.1) is 11.6 Å². The SMILES string of the molecule is C=C[C@@H]1CN2CCC1CC2[C@H](O)c1ccnc2ccccc12. The Labute approximate surface area is 131 Å². The van der Waals surface area contributed by atoms with E-state index in [0.29, 0.717) is 11.8 Å². The Morgan fingerprint density at radius 1 is 1.32 bits per heavy atom. The number of hydrogen-bond donors (Lipinski definition) is 1. The summed E-state index contributed by atoms with van der Waals surface area (Å²) in [6.07, 6.45) is 5.76. The molecule has 1 N–H and O–H groups in total. The number of nitrogens with zero attached hydrogens (tertiary/aromatic N) is 2. The van der Waals surface area contributed by atoms with Gasteiger partial charge < -0.3 is 5.11 Å². The summed E-state index contributed by atoms with van der Waals surface area (Å²) in [5.74, 6) is 1.27. The lowest BCUT2D eigenvalue weighted by Crippen LogP contribution is -2.54. The van der Waals surface area contributed by atoms with Crippen LogP contribution in [0.25, 0.3) is 10.9 Å². The smallest absolute Gasteiger partial charge is 0.0952 e. The third kappa shape index (κ3) is 2.16. The van der Waals surface area contributed by atoms with Crippen LogP contribution in [-0.2, 0) is 0 Å². The van der Waals surface area contributed by atoms with Crippen molar-refractivity contribution < 1.29 is 5.11 Å². The largest absolute Gasteiger partial charge is 0.387 e. The second kappa shape index (κ2) is 5.49. The quantitative estimate of drug-likeness (QED) is 0.883. The first-order valence-electron chi connectivity index (χ1n) is 8.16. The summed E-state index contributed by atoms with van der Waals surface area (Å²) in [6, 6.07) is 10.3. The van der Waals surface area contributed by atoms with Gasteiger partial charge in [-0.05, 0) is 48.9 Å². The van der Waals surface area contributed by atoms with E-state index < -0.39 is 6.10 Å². The van der Waals surface area contributed by atoms with Gasteiger partial charge in [-0.25, -0.2) is 0 Å². The van der Waals surface area contributed by atoms with Crippen LogP contribution < -0.4 is 0 Å². The normalized spacial score (nSPS) is 32.0. The molecule has 0 saturated carbocycles. The first-order chi connectivity index (χ1) is 10.8. The van der Waals surface area contributed by atoms with Gasteiger partial charge >= 0.3 is 0 Å². The van der Waals surface area contributed by atoms with Crippen molar-refractivity contribution in [3.63, 3.8) is 0 Å². The van der Waals surface area contributed by atoms with Crippen molar-refractivity contribution in [1.29, 1.82) is 0 Å². The molecule has 1 aromatic heterocycles. The van der Waals surface area contributed by atoms with Gasteiger partial charge in [0.2, 0.25) is 0 Å². The topological polar surface area (TPSA) is 36.4 Å². The second-order valence-corrected chi connectivity index (χ2v) is 6.61. The molecule has 4 heterocycles. The third-order valence-electron chi connectivity index (χ3n) is 5.52. The lowest BCUT2D eigenvalue weighted by molar-refractivity contribution is -0.0444. The van der Waals surface area contributed by atoms with Crippen LogP contribution in [-0.4, -0.2) is 34.1 Å². The number of aromatic nitrogens is 1. The van der Waals surface area contributed by atoms with Crippen LogP contribution in [0.2, 0.25) is 0 Å². The van der Waals surface area contributed by atoms with Gasteiger partial charge in [-0.3, -0.25) is 9.88 Å². The average Bonchev–Trinajstić information content (AvgIpc) is 2.60. The summed E-state index contributed by atoms with van der Waals surface area (Å²) in [6.45, 7) is 6.11. The highest BCUT2D eigenvalue weighted by Gasteiger charge is 2.42. The molecule has 3 nitrogen and oxygen atoms in total. The van der Waals surface area contributed by atoms with Crippen molar-refractivity contribution in [2.75, 3.05) is 13.1 Å². The van der Waals surface area contributed by atoms with E-state index in [-0.39, 0.29) is 6.04 Å². The molecule has 0 amide bonds. The summed E-state index contributed by atoms with van der Waals surface area (Å²) < 4.78 is 0. The summed E-state index contributed by atoms with van der Waals surface area (Å²) in [5.41, 5.74) is 1.97. The molecule has 3 aliphatic heterocycles. The Bertz CT molecular complexity index is 693. The van der Waals surface area contributed by atoms with Crippen LogP contribution in [0.1, 0.15) is 24.5 Å². The Morgan fingerprint density at radius 2 is 2.18 bits per heavy atom. The Morgan fingerprint density at radius 3 is 2.95 bits per heavy atom. The van der Waals surface area contributed by atoms with Crippen molar-refractivity contribution in [3.05, 3.63) is 54.7 Å². The molecule has 114 valence electrons. The first-order valence-corrected chi connectivity index (χ1v) is 8.16. The zero-order valence-electron chi connectivity index (χ0n) is 12.7. The maximum atomic E-state index is 11.0. The van der Waals surface area contributed by atoms with E-state index in [1.807, 2.05) is 30.5 Å². The number of fused-ring (bicyclic) bond motifs is 4. The third-order valence-corrected chi connectivity index (χ3v) is 5.52. The lowest BCUT2D eigenvalue weighted by Gasteiger charge is -2.50. The highest BCUT2D eigenvalue weighted by atomic mass is 16.3. The maximum Gasteiger partial charge on any atom is 0.0952 e. The standard InChI is InChI=1S/C19H22N2O/c1-2-13-12-21-10-8-14(13)11-18(21)19(22)16-7-9-20-17-6-4-3-5-15(16)17/h2-7,9,13-14,18-19,22H,1,8,10-12H2/t13-,14?,18?,19-/m1/s1. The maximum absolute atomic E-state index is 11.0. The van der Waals surface area contributed by atoms with Crippen LogP contribution in [0.4, 0.5) is 0 Å². The molecule has 3 saturated heterocycles. The van der Waals surface area contributed by atoms with E-state index in [4.69, 9.17) is 0 Å². The van der Waals surface area contributed by atoms with Crippen molar-refractivity contribution in [2.45, 2.75) is 25.0 Å². The van der Waals surface area contributed by atoms with Crippen molar-refractivity contribution in [3.8, 4) is 0 Å².